The molecule has 0 saturated carbocycles. The van der Waals surface area contributed by atoms with Crippen molar-refractivity contribution in [3.8, 4) is 0 Å². The fourth-order valence-electron chi connectivity index (χ4n) is 2.88. The largest absolute Gasteiger partial charge is 0.352 e. The second-order valence-electron chi connectivity index (χ2n) is 6.10. The van der Waals surface area contributed by atoms with Crippen LogP contribution < -0.4 is 10.6 Å². The van der Waals surface area contributed by atoms with Gasteiger partial charge in [-0.2, -0.15) is 0 Å². The molecule has 1 aliphatic heterocycles. The minimum absolute atomic E-state index is 0.000300. The Labute approximate surface area is 160 Å². The predicted octanol–water partition coefficient (Wildman–Crippen LogP) is 3.07. The van der Waals surface area contributed by atoms with Crippen LogP contribution >= 0.6 is 11.8 Å². The van der Waals surface area contributed by atoms with Gasteiger partial charge in [0.05, 0.1) is 11.0 Å². The van der Waals surface area contributed by atoms with E-state index in [2.05, 4.69) is 16.7 Å². The second kappa shape index (κ2) is 8.68. The van der Waals surface area contributed by atoms with E-state index in [-0.39, 0.29) is 36.5 Å². The third kappa shape index (κ3) is 4.85. The molecule has 0 aromatic heterocycles. The molecule has 0 radical (unpaired) electrons. The first-order chi connectivity index (χ1) is 13.0. The van der Waals surface area contributed by atoms with E-state index in [1.54, 1.807) is 11.8 Å². The first-order valence-electron chi connectivity index (χ1n) is 8.58. The molecule has 2 amide bonds. The van der Waals surface area contributed by atoms with Gasteiger partial charge in [0.2, 0.25) is 5.91 Å². The summed E-state index contributed by atoms with van der Waals surface area (Å²) in [6.07, 6.45) is 1.05. The number of nitrogens with one attached hydrogen (secondary N) is 2. The number of non-ortho nitro benzene ring substituents is 1. The van der Waals surface area contributed by atoms with Gasteiger partial charge >= 0.3 is 0 Å². The summed E-state index contributed by atoms with van der Waals surface area (Å²) in [5.74, 6) is 0.474. The average Bonchev–Trinajstić information content (AvgIpc) is 2.68. The summed E-state index contributed by atoms with van der Waals surface area (Å²) in [6.45, 7) is 0.199. The van der Waals surface area contributed by atoms with Crippen molar-refractivity contribution in [3.05, 3.63) is 69.8 Å². The molecule has 8 heteroatoms. The third-order valence-corrected chi connectivity index (χ3v) is 5.39. The van der Waals surface area contributed by atoms with Crippen molar-refractivity contribution in [3.63, 3.8) is 0 Å². The molecule has 27 heavy (non-hydrogen) atoms. The van der Waals surface area contributed by atoms with Crippen molar-refractivity contribution in [2.45, 2.75) is 23.8 Å². The molecule has 0 fully saturated rings. The van der Waals surface area contributed by atoms with Crippen LogP contribution in [0.15, 0.2) is 53.4 Å². The highest BCUT2D eigenvalue weighted by Gasteiger charge is 2.21. The summed E-state index contributed by atoms with van der Waals surface area (Å²) in [4.78, 5) is 35.6. The maximum Gasteiger partial charge on any atom is 0.269 e. The number of thioether (sulfide) groups is 1. The van der Waals surface area contributed by atoms with Crippen molar-refractivity contribution in [1.29, 1.82) is 0 Å². The lowest BCUT2D eigenvalue weighted by molar-refractivity contribution is -0.384. The van der Waals surface area contributed by atoms with E-state index < -0.39 is 4.92 Å². The van der Waals surface area contributed by atoms with E-state index in [9.17, 15) is 19.7 Å². The number of nitro benzene ring substituents is 1. The van der Waals surface area contributed by atoms with Gasteiger partial charge in [-0.05, 0) is 30.2 Å². The highest BCUT2D eigenvalue weighted by molar-refractivity contribution is 7.99. The van der Waals surface area contributed by atoms with Gasteiger partial charge < -0.3 is 10.6 Å². The lowest BCUT2D eigenvalue weighted by Gasteiger charge is -2.25. The molecule has 3 rings (SSSR count). The molecule has 0 bridgehead atoms. The van der Waals surface area contributed by atoms with Crippen molar-refractivity contribution < 1.29 is 14.5 Å². The Morgan fingerprint density at radius 3 is 2.63 bits per heavy atom. The number of carbonyl (C=O) groups is 2. The zero-order valence-corrected chi connectivity index (χ0v) is 15.3. The van der Waals surface area contributed by atoms with Crippen LogP contribution in [0, 0.1) is 10.1 Å². The van der Waals surface area contributed by atoms with Crippen LogP contribution in [-0.4, -0.2) is 29.0 Å². The van der Waals surface area contributed by atoms with E-state index in [1.807, 2.05) is 18.2 Å². The van der Waals surface area contributed by atoms with Crippen LogP contribution in [0.5, 0.6) is 0 Å². The summed E-state index contributed by atoms with van der Waals surface area (Å²) in [5.41, 5.74) is 1.38. The van der Waals surface area contributed by atoms with Gasteiger partial charge in [0.25, 0.3) is 11.6 Å². The fourth-order valence-corrected chi connectivity index (χ4v) is 4.01. The van der Waals surface area contributed by atoms with Crippen molar-refractivity contribution in [1.82, 2.24) is 10.6 Å². The molecule has 0 saturated heterocycles. The van der Waals surface area contributed by atoms with Gasteiger partial charge in [0.15, 0.2) is 0 Å². The Kier molecular flexibility index (Phi) is 6.08. The molecule has 2 N–H and O–H groups in total. The number of benzene rings is 2. The molecule has 0 spiro atoms. The molecule has 140 valence electrons. The SMILES string of the molecule is O=C(CCNC(=O)c1ccc([N+](=O)[O-])cc1)NC1CCSc2ccccc21. The molecule has 2 aromatic rings. The topological polar surface area (TPSA) is 101 Å². The Morgan fingerprint density at radius 2 is 1.89 bits per heavy atom. The highest BCUT2D eigenvalue weighted by atomic mass is 32.2. The number of carbonyl (C=O) groups excluding carboxylic acids is 2. The molecule has 1 atom stereocenters. The number of nitro groups is 1. The number of hydrogen-bond donors (Lipinski definition) is 2. The zero-order chi connectivity index (χ0) is 19.2. The van der Waals surface area contributed by atoms with E-state index in [1.165, 1.54) is 29.2 Å². The minimum Gasteiger partial charge on any atom is -0.352 e. The first kappa shape index (κ1) is 18.9. The summed E-state index contributed by atoms with van der Waals surface area (Å²) in [7, 11) is 0. The van der Waals surface area contributed by atoms with Crippen LogP contribution in [0.1, 0.15) is 34.8 Å². The summed E-state index contributed by atoms with van der Waals surface area (Å²) in [6, 6.07) is 13.4. The Balaban J connectivity index is 1.47. The molecular weight excluding hydrogens is 366 g/mol. The zero-order valence-electron chi connectivity index (χ0n) is 14.5. The van der Waals surface area contributed by atoms with Crippen LogP contribution in [0.25, 0.3) is 0 Å². The number of fused-ring (bicyclic) bond motifs is 1. The van der Waals surface area contributed by atoms with Gasteiger partial charge in [0, 0.05) is 41.3 Å². The van der Waals surface area contributed by atoms with E-state index in [0.717, 1.165) is 17.7 Å². The van der Waals surface area contributed by atoms with Crippen molar-refractivity contribution in [2.24, 2.45) is 0 Å². The van der Waals surface area contributed by atoms with Gasteiger partial charge in [-0.15, -0.1) is 11.8 Å². The molecule has 1 unspecified atom stereocenters. The van der Waals surface area contributed by atoms with Crippen molar-refractivity contribution >= 4 is 29.3 Å². The Hall–Kier alpha value is -2.87. The lowest BCUT2D eigenvalue weighted by atomic mass is 10.0. The summed E-state index contributed by atoms with van der Waals surface area (Å²) >= 11 is 1.79. The van der Waals surface area contributed by atoms with E-state index in [4.69, 9.17) is 0 Å². The first-order valence-corrected chi connectivity index (χ1v) is 9.57. The maximum absolute atomic E-state index is 12.2. The molecule has 1 aliphatic rings. The van der Waals surface area contributed by atoms with Crippen LogP contribution in [-0.2, 0) is 4.79 Å². The number of rotatable bonds is 6. The molecule has 0 aliphatic carbocycles. The average molecular weight is 385 g/mol. The van der Waals surface area contributed by atoms with Crippen LogP contribution in [0.3, 0.4) is 0 Å². The maximum atomic E-state index is 12.2. The standard InChI is InChI=1S/C19H19N3O4S/c23-18(21-16-10-12-27-17-4-2-1-3-15(16)17)9-11-20-19(24)13-5-7-14(8-6-13)22(25)26/h1-8,16H,9-12H2,(H,20,24)(H,21,23). The number of amides is 2. The summed E-state index contributed by atoms with van der Waals surface area (Å²) in [5, 5.41) is 16.3. The van der Waals surface area contributed by atoms with E-state index in [0.29, 0.717) is 5.56 Å². The lowest BCUT2D eigenvalue weighted by Crippen LogP contribution is -2.34. The third-order valence-electron chi connectivity index (χ3n) is 4.27. The smallest absolute Gasteiger partial charge is 0.269 e. The second-order valence-corrected chi connectivity index (χ2v) is 7.24. The Morgan fingerprint density at radius 1 is 1.15 bits per heavy atom. The van der Waals surface area contributed by atoms with Crippen LogP contribution in [0.4, 0.5) is 5.69 Å². The minimum atomic E-state index is -0.520. The normalized spacial score (nSPS) is 15.5. The molecule has 7 nitrogen and oxygen atoms in total. The van der Waals surface area contributed by atoms with E-state index >= 15 is 0 Å². The number of nitrogens with zero attached hydrogens (tertiary/aromatic N) is 1. The Bertz CT molecular complexity index is 854. The molecule has 1 heterocycles. The quantitative estimate of drug-likeness (QED) is 0.588. The fraction of sp³-hybridized carbons (Fsp3) is 0.263. The van der Waals surface area contributed by atoms with Gasteiger partial charge in [-0.1, -0.05) is 18.2 Å². The number of hydrogen-bond acceptors (Lipinski definition) is 5. The van der Waals surface area contributed by atoms with Crippen LogP contribution in [0.2, 0.25) is 0 Å². The monoisotopic (exact) mass is 385 g/mol. The van der Waals surface area contributed by atoms with Crippen molar-refractivity contribution in [2.75, 3.05) is 12.3 Å². The summed E-state index contributed by atoms with van der Waals surface area (Å²) < 4.78 is 0. The van der Waals surface area contributed by atoms with Gasteiger partial charge in [-0.25, -0.2) is 0 Å². The molecular formula is C19H19N3O4S. The van der Waals surface area contributed by atoms with Gasteiger partial charge in [-0.3, -0.25) is 19.7 Å². The van der Waals surface area contributed by atoms with Gasteiger partial charge in [0.1, 0.15) is 0 Å². The predicted molar refractivity (Wildman–Crippen MR) is 103 cm³/mol. The highest BCUT2D eigenvalue weighted by Crippen LogP contribution is 2.35. The molecule has 2 aromatic carbocycles.